The van der Waals surface area contributed by atoms with Gasteiger partial charge in [-0.25, -0.2) is 4.98 Å². The largest absolute Gasteiger partial charge is 0.481 e. The van der Waals surface area contributed by atoms with Crippen LogP contribution < -0.4 is 10.5 Å². The molecule has 0 saturated carbocycles. The number of pyridine rings is 1. The van der Waals surface area contributed by atoms with Gasteiger partial charge in [-0.3, -0.25) is 4.90 Å². The highest BCUT2D eigenvalue weighted by Crippen LogP contribution is 2.29. The van der Waals surface area contributed by atoms with Crippen LogP contribution >= 0.6 is 0 Å². The Morgan fingerprint density at radius 2 is 2.15 bits per heavy atom. The van der Waals surface area contributed by atoms with E-state index < -0.39 is 0 Å². The van der Waals surface area contributed by atoms with Crippen LogP contribution in [0.5, 0.6) is 5.88 Å². The number of aromatic nitrogens is 1. The van der Waals surface area contributed by atoms with Gasteiger partial charge in [0.05, 0.1) is 7.11 Å². The molecule has 1 aromatic rings. The number of piperidine rings is 1. The summed E-state index contributed by atoms with van der Waals surface area (Å²) in [6, 6.07) is 2.32. The highest BCUT2D eigenvalue weighted by Gasteiger charge is 2.33. The molecule has 20 heavy (non-hydrogen) atoms. The van der Waals surface area contributed by atoms with Crippen molar-refractivity contribution in [2.45, 2.75) is 46.7 Å². The van der Waals surface area contributed by atoms with Crippen molar-refractivity contribution in [3.63, 3.8) is 0 Å². The first-order valence-corrected chi connectivity index (χ1v) is 7.32. The summed E-state index contributed by atoms with van der Waals surface area (Å²) in [5, 5.41) is 0. The zero-order valence-corrected chi connectivity index (χ0v) is 13.4. The number of methoxy groups -OCH3 is 1. The van der Waals surface area contributed by atoms with E-state index in [1.807, 2.05) is 6.07 Å². The number of nitrogens with two attached hydrogens (primary N) is 1. The Morgan fingerprint density at radius 3 is 2.70 bits per heavy atom. The zero-order chi connectivity index (χ0) is 14.9. The van der Waals surface area contributed by atoms with Gasteiger partial charge in [-0.1, -0.05) is 13.8 Å². The number of hydrogen-bond donors (Lipinski definition) is 1. The second-order valence-electron chi connectivity index (χ2n) is 6.64. The molecule has 0 amide bonds. The monoisotopic (exact) mass is 277 g/mol. The fourth-order valence-corrected chi connectivity index (χ4v) is 3.01. The van der Waals surface area contributed by atoms with Crippen molar-refractivity contribution in [2.24, 2.45) is 11.1 Å². The van der Waals surface area contributed by atoms with Crippen LogP contribution in [0.25, 0.3) is 0 Å². The van der Waals surface area contributed by atoms with Crippen LogP contribution in [-0.4, -0.2) is 36.1 Å². The SMILES string of the molecule is COc1cc(C)c(CN2CCC(N)C(C)(C)C2)c(C)n1. The van der Waals surface area contributed by atoms with Crippen molar-refractivity contribution in [2.75, 3.05) is 20.2 Å². The van der Waals surface area contributed by atoms with Crippen LogP contribution in [-0.2, 0) is 6.54 Å². The summed E-state index contributed by atoms with van der Waals surface area (Å²) >= 11 is 0. The Kier molecular flexibility index (Phi) is 4.35. The summed E-state index contributed by atoms with van der Waals surface area (Å²) in [7, 11) is 1.66. The minimum atomic E-state index is 0.181. The van der Waals surface area contributed by atoms with Gasteiger partial charge in [-0.2, -0.15) is 0 Å². The summed E-state index contributed by atoms with van der Waals surface area (Å²) in [6.45, 7) is 11.8. The highest BCUT2D eigenvalue weighted by molar-refractivity contribution is 5.33. The van der Waals surface area contributed by atoms with Crippen LogP contribution in [0.4, 0.5) is 0 Å². The number of nitrogens with zero attached hydrogens (tertiary/aromatic N) is 2. The molecule has 1 aromatic heterocycles. The van der Waals surface area contributed by atoms with Crippen LogP contribution in [0.1, 0.15) is 37.1 Å². The van der Waals surface area contributed by atoms with Gasteiger partial charge < -0.3 is 10.5 Å². The lowest BCUT2D eigenvalue weighted by Gasteiger charge is -2.42. The third-order valence-corrected chi connectivity index (χ3v) is 4.51. The average molecular weight is 277 g/mol. The van der Waals surface area contributed by atoms with Crippen LogP contribution in [0.2, 0.25) is 0 Å². The standard InChI is InChI=1S/C16H27N3O/c1-11-8-15(20-5)18-12(2)13(11)9-19-7-6-14(17)16(3,4)10-19/h8,14H,6-7,9-10,17H2,1-5H3. The van der Waals surface area contributed by atoms with Gasteiger partial charge >= 0.3 is 0 Å². The molecule has 4 heteroatoms. The van der Waals surface area contributed by atoms with Crippen molar-refractivity contribution in [1.82, 2.24) is 9.88 Å². The second kappa shape index (κ2) is 5.70. The molecule has 1 saturated heterocycles. The lowest BCUT2D eigenvalue weighted by molar-refractivity contribution is 0.0894. The predicted molar refractivity (Wildman–Crippen MR) is 81.9 cm³/mol. The molecule has 0 bridgehead atoms. The first-order chi connectivity index (χ1) is 9.33. The van der Waals surface area contributed by atoms with Crippen LogP contribution in [0.3, 0.4) is 0 Å². The van der Waals surface area contributed by atoms with Gasteiger partial charge in [-0.05, 0) is 36.8 Å². The Hall–Kier alpha value is -1.13. The third-order valence-electron chi connectivity index (χ3n) is 4.51. The number of rotatable bonds is 3. The first-order valence-electron chi connectivity index (χ1n) is 7.32. The van der Waals surface area contributed by atoms with Gasteiger partial charge in [0, 0.05) is 37.4 Å². The molecule has 0 aliphatic carbocycles. The molecule has 0 radical (unpaired) electrons. The van der Waals surface area contributed by atoms with E-state index in [2.05, 4.69) is 37.6 Å². The molecule has 1 aliphatic heterocycles. The van der Waals surface area contributed by atoms with Crippen LogP contribution in [0.15, 0.2) is 6.07 Å². The van der Waals surface area contributed by atoms with E-state index in [0.29, 0.717) is 11.9 Å². The molecule has 1 fully saturated rings. The lowest BCUT2D eigenvalue weighted by Crippen LogP contribution is -2.52. The van der Waals surface area contributed by atoms with E-state index in [4.69, 9.17) is 10.5 Å². The molecule has 0 spiro atoms. The molecule has 1 aliphatic rings. The number of hydrogen-bond acceptors (Lipinski definition) is 4. The molecule has 2 N–H and O–H groups in total. The summed E-state index contributed by atoms with van der Waals surface area (Å²) in [5.74, 6) is 0.699. The predicted octanol–water partition coefficient (Wildman–Crippen LogP) is 2.27. The molecule has 1 atom stereocenters. The summed E-state index contributed by atoms with van der Waals surface area (Å²) in [4.78, 5) is 6.99. The molecular formula is C16H27N3O. The second-order valence-corrected chi connectivity index (χ2v) is 6.64. The van der Waals surface area contributed by atoms with Crippen molar-refractivity contribution < 1.29 is 4.74 Å². The summed E-state index contributed by atoms with van der Waals surface area (Å²) < 4.78 is 5.23. The molecule has 112 valence electrons. The molecule has 0 aromatic carbocycles. The molecule has 2 heterocycles. The van der Waals surface area contributed by atoms with E-state index in [1.165, 1.54) is 11.1 Å². The van der Waals surface area contributed by atoms with Crippen molar-refractivity contribution >= 4 is 0 Å². The maximum Gasteiger partial charge on any atom is 0.213 e. The number of aryl methyl sites for hydroxylation is 2. The number of ether oxygens (including phenoxy) is 1. The van der Waals surface area contributed by atoms with E-state index in [9.17, 15) is 0 Å². The zero-order valence-electron chi connectivity index (χ0n) is 13.4. The smallest absolute Gasteiger partial charge is 0.213 e. The van der Waals surface area contributed by atoms with E-state index >= 15 is 0 Å². The summed E-state index contributed by atoms with van der Waals surface area (Å²) in [5.41, 5.74) is 10.0. The fraction of sp³-hybridized carbons (Fsp3) is 0.688. The lowest BCUT2D eigenvalue weighted by atomic mass is 9.79. The van der Waals surface area contributed by atoms with Crippen LogP contribution in [0, 0.1) is 19.3 Å². The Labute approximate surface area is 122 Å². The van der Waals surface area contributed by atoms with Gasteiger partial charge in [-0.15, -0.1) is 0 Å². The van der Waals surface area contributed by atoms with Gasteiger partial charge in [0.25, 0.3) is 0 Å². The normalized spacial score (nSPS) is 22.8. The Morgan fingerprint density at radius 1 is 1.45 bits per heavy atom. The van der Waals surface area contributed by atoms with Crippen molar-refractivity contribution in [3.8, 4) is 5.88 Å². The third kappa shape index (κ3) is 3.13. The van der Waals surface area contributed by atoms with Gasteiger partial charge in [0.1, 0.15) is 0 Å². The molecule has 4 nitrogen and oxygen atoms in total. The highest BCUT2D eigenvalue weighted by atomic mass is 16.5. The molecular weight excluding hydrogens is 250 g/mol. The van der Waals surface area contributed by atoms with Crippen molar-refractivity contribution in [3.05, 3.63) is 22.9 Å². The van der Waals surface area contributed by atoms with E-state index in [0.717, 1.165) is 31.7 Å². The maximum atomic E-state index is 6.21. The average Bonchev–Trinajstić information content (AvgIpc) is 2.37. The van der Waals surface area contributed by atoms with Gasteiger partial charge in [0.2, 0.25) is 5.88 Å². The Bertz CT molecular complexity index is 462. The molecule has 1 unspecified atom stereocenters. The first kappa shape index (κ1) is 15.3. The minimum absolute atomic E-state index is 0.181. The number of likely N-dealkylation sites (tertiary alicyclic amines) is 1. The van der Waals surface area contributed by atoms with E-state index in [1.54, 1.807) is 7.11 Å². The summed E-state index contributed by atoms with van der Waals surface area (Å²) in [6.07, 6.45) is 1.06. The minimum Gasteiger partial charge on any atom is -0.481 e. The van der Waals surface area contributed by atoms with Crippen molar-refractivity contribution in [1.29, 1.82) is 0 Å². The fourth-order valence-electron chi connectivity index (χ4n) is 3.01. The Balaban J connectivity index is 2.15. The topological polar surface area (TPSA) is 51.4 Å². The maximum absolute atomic E-state index is 6.21. The van der Waals surface area contributed by atoms with Gasteiger partial charge in [0.15, 0.2) is 0 Å². The quantitative estimate of drug-likeness (QED) is 0.921. The van der Waals surface area contributed by atoms with E-state index in [-0.39, 0.29) is 5.41 Å². The molecule has 2 rings (SSSR count).